The summed E-state index contributed by atoms with van der Waals surface area (Å²) in [6.45, 7) is 14.8. The molecule has 54 heavy (non-hydrogen) atoms. The zero-order valence-electron chi connectivity index (χ0n) is 33.1. The number of carbonyl (C=O) groups is 1. The van der Waals surface area contributed by atoms with Crippen molar-refractivity contribution in [3.05, 3.63) is 11.6 Å². The standard InChI is InChI=1S/C41H66O13/c1-20-10-15-41(35(49)54-34-31(48)29(46)28(45)23(18-42)52-34)17-16-38(5)21(32(41)40(20,7)50)8-9-25-37(4)13-12-26(36(2,3)24(37)11-14-39(25,38)6)53-33-30(47)27(44)22(43)19-51-33/h8,20,22-34,42-48,50H,9-19H2,1-7H3/t20-,22+,23-,24?,25?,26+,27+,28-,29+,30-,31-,32?,33+,34+,37+,38-,39-,40-,41+/m1/s1. The van der Waals surface area contributed by atoms with Gasteiger partial charge in [-0.1, -0.05) is 53.2 Å². The number of allylic oxidation sites excluding steroid dienone is 1. The quantitative estimate of drug-likeness (QED) is 0.114. The zero-order chi connectivity index (χ0) is 39.6. The third-order valence-electron chi connectivity index (χ3n) is 17.2. The van der Waals surface area contributed by atoms with E-state index in [4.69, 9.17) is 18.9 Å². The van der Waals surface area contributed by atoms with Crippen molar-refractivity contribution in [2.75, 3.05) is 13.2 Å². The van der Waals surface area contributed by atoms with Gasteiger partial charge in [-0.3, -0.25) is 4.79 Å². The molecule has 5 aliphatic carbocycles. The maximum Gasteiger partial charge on any atom is 0.315 e. The summed E-state index contributed by atoms with van der Waals surface area (Å²) in [5.74, 6) is -0.699. The fourth-order valence-electron chi connectivity index (χ4n) is 13.5. The summed E-state index contributed by atoms with van der Waals surface area (Å²) in [5.41, 5.74) is -2.15. The van der Waals surface area contributed by atoms with Crippen LogP contribution in [0.25, 0.3) is 0 Å². The van der Waals surface area contributed by atoms with Crippen molar-refractivity contribution in [2.45, 2.75) is 173 Å². The second kappa shape index (κ2) is 13.7. The predicted molar refractivity (Wildman–Crippen MR) is 193 cm³/mol. The van der Waals surface area contributed by atoms with Crippen molar-refractivity contribution >= 4 is 5.97 Å². The van der Waals surface area contributed by atoms with Gasteiger partial charge in [-0.15, -0.1) is 0 Å². The first-order valence-corrected chi connectivity index (χ1v) is 20.4. The summed E-state index contributed by atoms with van der Waals surface area (Å²) < 4.78 is 23.7. The highest BCUT2D eigenvalue weighted by atomic mass is 16.7. The molecule has 0 amide bonds. The highest BCUT2D eigenvalue weighted by Crippen LogP contribution is 2.76. The third-order valence-corrected chi connectivity index (χ3v) is 17.2. The molecular formula is C41H66O13. The van der Waals surface area contributed by atoms with E-state index in [1.807, 2.05) is 13.8 Å². The molecule has 0 aromatic heterocycles. The normalized spacial score (nSPS) is 55.6. The highest BCUT2D eigenvalue weighted by Gasteiger charge is 2.72. The molecule has 0 bridgehead atoms. The van der Waals surface area contributed by atoms with Gasteiger partial charge in [0.1, 0.15) is 42.7 Å². The van der Waals surface area contributed by atoms with Crippen molar-refractivity contribution in [3.8, 4) is 0 Å². The summed E-state index contributed by atoms with van der Waals surface area (Å²) in [6, 6.07) is 0. The molecule has 6 fully saturated rings. The van der Waals surface area contributed by atoms with Crippen LogP contribution in [0.2, 0.25) is 0 Å². The fourth-order valence-corrected chi connectivity index (χ4v) is 13.5. The molecule has 7 rings (SSSR count). The Morgan fingerprint density at radius 2 is 1.50 bits per heavy atom. The predicted octanol–water partition coefficient (Wildman–Crippen LogP) is 1.93. The lowest BCUT2D eigenvalue weighted by Crippen LogP contribution is -2.68. The Bertz CT molecular complexity index is 1470. The van der Waals surface area contributed by atoms with Gasteiger partial charge in [0.25, 0.3) is 0 Å². The number of ether oxygens (including phenoxy) is 4. The van der Waals surface area contributed by atoms with Crippen LogP contribution in [0.5, 0.6) is 0 Å². The number of fused-ring (bicyclic) bond motifs is 7. The molecule has 13 nitrogen and oxygen atoms in total. The van der Waals surface area contributed by atoms with Crippen LogP contribution in [0.1, 0.15) is 106 Å². The lowest BCUT2D eigenvalue weighted by atomic mass is 9.33. The lowest BCUT2D eigenvalue weighted by molar-refractivity contribution is -0.308. The van der Waals surface area contributed by atoms with E-state index in [1.54, 1.807) is 0 Å². The lowest BCUT2D eigenvalue weighted by Gasteiger charge is -2.72. The van der Waals surface area contributed by atoms with Gasteiger partial charge in [0.2, 0.25) is 6.29 Å². The van der Waals surface area contributed by atoms with Crippen LogP contribution < -0.4 is 0 Å². The van der Waals surface area contributed by atoms with Gasteiger partial charge >= 0.3 is 5.97 Å². The Hall–Kier alpha value is -1.23. The van der Waals surface area contributed by atoms with Gasteiger partial charge in [0, 0.05) is 5.92 Å². The summed E-state index contributed by atoms with van der Waals surface area (Å²) in [5, 5.41) is 84.8. The van der Waals surface area contributed by atoms with Gasteiger partial charge in [-0.25, -0.2) is 0 Å². The Morgan fingerprint density at radius 1 is 0.815 bits per heavy atom. The molecule has 0 radical (unpaired) electrons. The molecule has 7 aliphatic rings. The van der Waals surface area contributed by atoms with Gasteiger partial charge in [-0.05, 0) is 104 Å². The average Bonchev–Trinajstić information content (AvgIpc) is 3.11. The van der Waals surface area contributed by atoms with Crippen molar-refractivity contribution in [1.82, 2.24) is 0 Å². The largest absolute Gasteiger partial charge is 0.432 e. The van der Waals surface area contributed by atoms with Crippen molar-refractivity contribution < 1.29 is 64.6 Å². The van der Waals surface area contributed by atoms with E-state index in [-0.39, 0.29) is 46.2 Å². The summed E-state index contributed by atoms with van der Waals surface area (Å²) in [4.78, 5) is 14.6. The van der Waals surface area contributed by atoms with Crippen LogP contribution in [0.3, 0.4) is 0 Å². The van der Waals surface area contributed by atoms with Crippen LogP contribution >= 0.6 is 0 Å². The molecule has 8 N–H and O–H groups in total. The van der Waals surface area contributed by atoms with Gasteiger partial charge < -0.3 is 59.8 Å². The number of rotatable bonds is 5. The third kappa shape index (κ3) is 5.68. The molecule has 4 saturated carbocycles. The van der Waals surface area contributed by atoms with Crippen molar-refractivity contribution in [1.29, 1.82) is 0 Å². The van der Waals surface area contributed by atoms with E-state index in [2.05, 4.69) is 40.7 Å². The van der Waals surface area contributed by atoms with E-state index >= 15 is 0 Å². The van der Waals surface area contributed by atoms with Crippen LogP contribution in [-0.2, 0) is 23.7 Å². The maximum absolute atomic E-state index is 14.6. The number of esters is 1. The molecule has 19 atom stereocenters. The first-order valence-electron chi connectivity index (χ1n) is 20.4. The minimum Gasteiger partial charge on any atom is -0.432 e. The van der Waals surface area contributed by atoms with Crippen LogP contribution in [0.15, 0.2) is 11.6 Å². The Labute approximate surface area is 319 Å². The molecule has 13 heteroatoms. The smallest absolute Gasteiger partial charge is 0.315 e. The van der Waals surface area contributed by atoms with E-state index < -0.39 is 84.8 Å². The van der Waals surface area contributed by atoms with E-state index in [1.165, 1.54) is 0 Å². The number of aliphatic hydroxyl groups is 8. The van der Waals surface area contributed by atoms with E-state index in [0.29, 0.717) is 31.6 Å². The summed E-state index contributed by atoms with van der Waals surface area (Å²) in [7, 11) is 0. The Kier molecular flexibility index (Phi) is 10.4. The number of carbonyl (C=O) groups excluding carboxylic acids is 1. The minimum atomic E-state index is -1.72. The minimum absolute atomic E-state index is 0.0674. The zero-order valence-corrected chi connectivity index (χ0v) is 33.1. The average molecular weight is 767 g/mol. The first kappa shape index (κ1) is 40.9. The van der Waals surface area contributed by atoms with Crippen LogP contribution in [0, 0.1) is 50.7 Å². The van der Waals surface area contributed by atoms with Crippen LogP contribution in [0.4, 0.5) is 0 Å². The van der Waals surface area contributed by atoms with Gasteiger partial charge in [0.05, 0.1) is 30.3 Å². The molecular weight excluding hydrogens is 700 g/mol. The van der Waals surface area contributed by atoms with Crippen LogP contribution in [-0.4, -0.2) is 127 Å². The SMILES string of the molecule is C[C@@H]1CC[C@]2(C(=O)O[C@@H]3O[C@H](CO)[C@@H](O)[C@H](O)[C@H]3O)CC[C@]3(C)C(=CCC4[C@@]5(C)CC[C@H](O[C@@H]6OC[C@H](O)[C@H](O)[C@H]6O)C(C)(C)C5CC[C@]43C)C2[C@]1(C)O. The number of hydrogen-bond acceptors (Lipinski definition) is 13. The molecule has 2 saturated heterocycles. The molecule has 0 spiro atoms. The molecule has 308 valence electrons. The summed E-state index contributed by atoms with van der Waals surface area (Å²) in [6.07, 6.45) is -4.04. The van der Waals surface area contributed by atoms with Gasteiger partial charge in [0.15, 0.2) is 6.29 Å². The fraction of sp³-hybridized carbons (Fsp3) is 0.927. The van der Waals surface area contributed by atoms with E-state index in [9.17, 15) is 45.6 Å². The monoisotopic (exact) mass is 766 g/mol. The Balaban J connectivity index is 1.19. The number of aliphatic hydroxyl groups excluding tert-OH is 7. The first-order chi connectivity index (χ1) is 25.1. The molecule has 0 aromatic carbocycles. The number of hydrogen-bond donors (Lipinski definition) is 8. The summed E-state index contributed by atoms with van der Waals surface area (Å²) >= 11 is 0. The highest BCUT2D eigenvalue weighted by molar-refractivity contribution is 5.79. The molecule has 0 aromatic rings. The second-order valence-corrected chi connectivity index (χ2v) is 19.9. The molecule has 2 aliphatic heterocycles. The second-order valence-electron chi connectivity index (χ2n) is 19.9. The topological polar surface area (TPSA) is 216 Å². The van der Waals surface area contributed by atoms with E-state index in [0.717, 1.165) is 37.7 Å². The van der Waals surface area contributed by atoms with Crippen molar-refractivity contribution in [2.24, 2.45) is 50.7 Å². The Morgan fingerprint density at radius 3 is 2.19 bits per heavy atom. The van der Waals surface area contributed by atoms with Gasteiger partial charge in [-0.2, -0.15) is 0 Å². The molecule has 3 unspecified atom stereocenters. The molecule has 2 heterocycles. The maximum atomic E-state index is 14.6. The van der Waals surface area contributed by atoms with Crippen molar-refractivity contribution in [3.63, 3.8) is 0 Å².